The molecule has 0 aliphatic rings. The molecule has 0 aromatic heterocycles. The van der Waals surface area contributed by atoms with Gasteiger partial charge in [0.15, 0.2) is 0 Å². The van der Waals surface area contributed by atoms with Crippen LogP contribution in [0.4, 0.5) is 0 Å². The molecule has 0 fully saturated rings. The highest BCUT2D eigenvalue weighted by Gasteiger charge is 2.10. The van der Waals surface area contributed by atoms with E-state index in [0.717, 1.165) is 50.8 Å². The van der Waals surface area contributed by atoms with Crippen LogP contribution in [0.15, 0.2) is 36.4 Å². The molecule has 2 aromatic carbocycles. The number of nitrogens with one attached hydrogen (secondary N) is 1. The van der Waals surface area contributed by atoms with Gasteiger partial charge in [0, 0.05) is 34.3 Å². The van der Waals surface area contributed by atoms with Gasteiger partial charge in [0.2, 0.25) is 0 Å². The van der Waals surface area contributed by atoms with Crippen molar-refractivity contribution in [3.63, 3.8) is 0 Å². The second-order valence-corrected chi connectivity index (χ2v) is 8.71. The molecule has 0 saturated carbocycles. The summed E-state index contributed by atoms with van der Waals surface area (Å²) in [4.78, 5) is 0. The van der Waals surface area contributed by atoms with E-state index in [1.807, 2.05) is 6.07 Å². The maximum absolute atomic E-state index is 10.2. The Bertz CT molecular complexity index is 801. The summed E-state index contributed by atoms with van der Waals surface area (Å²) in [5.41, 5.74) is 1.91. The van der Waals surface area contributed by atoms with Gasteiger partial charge in [-0.2, -0.15) is 0 Å². The molecule has 0 aliphatic carbocycles. The number of ether oxygens (including phenoxy) is 2. The van der Waals surface area contributed by atoms with Gasteiger partial charge in [0.1, 0.15) is 5.75 Å². The Morgan fingerprint density at radius 2 is 1.58 bits per heavy atom. The zero-order valence-electron chi connectivity index (χ0n) is 18.9. The monoisotopic (exact) mass is 499 g/mol. The van der Waals surface area contributed by atoms with Gasteiger partial charge in [0.05, 0.1) is 32.5 Å². The van der Waals surface area contributed by atoms with E-state index in [0.29, 0.717) is 47.5 Å². The van der Waals surface area contributed by atoms with Crippen LogP contribution < -0.4 is 5.32 Å². The third kappa shape index (κ3) is 10.6. The maximum atomic E-state index is 10.2. The number of unbranched alkanes of at least 4 members (excludes halogenated alkanes) is 4. The Kier molecular flexibility index (Phi) is 13.7. The minimum Gasteiger partial charge on any atom is -0.508 e. The first-order chi connectivity index (χ1) is 16.0. The van der Waals surface area contributed by atoms with E-state index in [-0.39, 0.29) is 12.4 Å². The van der Waals surface area contributed by atoms with Crippen LogP contribution >= 0.6 is 23.2 Å². The Balaban J connectivity index is 1.39. The largest absolute Gasteiger partial charge is 0.508 e. The highest BCUT2D eigenvalue weighted by Crippen LogP contribution is 2.25. The van der Waals surface area contributed by atoms with Crippen molar-refractivity contribution in [2.75, 3.05) is 32.9 Å². The molecular formula is C25H35Cl2NO5. The molecular weight excluding hydrogens is 465 g/mol. The van der Waals surface area contributed by atoms with Crippen molar-refractivity contribution in [1.82, 2.24) is 5.32 Å². The van der Waals surface area contributed by atoms with Crippen molar-refractivity contribution in [3.05, 3.63) is 63.1 Å². The third-order valence-electron chi connectivity index (χ3n) is 5.32. The zero-order chi connectivity index (χ0) is 23.9. The van der Waals surface area contributed by atoms with Crippen LogP contribution in [0.3, 0.4) is 0 Å². The van der Waals surface area contributed by atoms with E-state index in [1.165, 1.54) is 6.07 Å². The average molecular weight is 500 g/mol. The first-order valence-corrected chi connectivity index (χ1v) is 12.2. The molecule has 2 aromatic rings. The fraction of sp³-hybridized carbons (Fsp3) is 0.520. The lowest BCUT2D eigenvalue weighted by atomic mass is 10.1. The zero-order valence-corrected chi connectivity index (χ0v) is 20.5. The summed E-state index contributed by atoms with van der Waals surface area (Å²) in [6.45, 7) is 3.19. The summed E-state index contributed by atoms with van der Waals surface area (Å²) in [5.74, 6) is 0.0407. The summed E-state index contributed by atoms with van der Waals surface area (Å²) >= 11 is 12.2. The number of rotatable bonds is 17. The topological polar surface area (TPSA) is 91.2 Å². The summed E-state index contributed by atoms with van der Waals surface area (Å²) in [5, 5.41) is 33.5. The Morgan fingerprint density at radius 1 is 0.879 bits per heavy atom. The molecule has 2 rings (SSSR count). The van der Waals surface area contributed by atoms with Gasteiger partial charge in [-0.15, -0.1) is 0 Å². The van der Waals surface area contributed by atoms with Crippen molar-refractivity contribution in [1.29, 1.82) is 0 Å². The fourth-order valence-corrected chi connectivity index (χ4v) is 3.85. The molecule has 4 N–H and O–H groups in total. The molecule has 184 valence electrons. The van der Waals surface area contributed by atoms with Crippen LogP contribution in [-0.4, -0.2) is 48.2 Å². The molecule has 0 amide bonds. The Labute approximate surface area is 206 Å². The summed E-state index contributed by atoms with van der Waals surface area (Å²) < 4.78 is 11.2. The van der Waals surface area contributed by atoms with E-state index in [1.54, 1.807) is 24.3 Å². The van der Waals surface area contributed by atoms with Crippen molar-refractivity contribution in [3.8, 4) is 5.75 Å². The lowest BCUT2D eigenvalue weighted by molar-refractivity contribution is 0.0393. The van der Waals surface area contributed by atoms with Gasteiger partial charge < -0.3 is 30.1 Å². The molecule has 1 atom stereocenters. The smallest absolute Gasteiger partial charge is 0.121 e. The standard InChI is InChI=1S/C25H35Cl2NO5/c26-22-7-6-8-23(27)21(22)18-33-14-13-32-12-5-3-1-2-4-11-28-16-25(31)19-9-10-24(30)20(15-19)17-29/h6-10,15,25,28-31H,1-5,11-14,16-18H2. The van der Waals surface area contributed by atoms with Crippen LogP contribution in [0.2, 0.25) is 10.0 Å². The lowest BCUT2D eigenvalue weighted by Gasteiger charge is -2.14. The van der Waals surface area contributed by atoms with E-state index < -0.39 is 6.10 Å². The van der Waals surface area contributed by atoms with Crippen molar-refractivity contribution in [2.45, 2.75) is 51.4 Å². The van der Waals surface area contributed by atoms with Gasteiger partial charge in [-0.25, -0.2) is 0 Å². The fourth-order valence-electron chi connectivity index (χ4n) is 3.34. The Morgan fingerprint density at radius 3 is 2.33 bits per heavy atom. The molecule has 0 radical (unpaired) electrons. The highest BCUT2D eigenvalue weighted by atomic mass is 35.5. The quantitative estimate of drug-likeness (QED) is 0.229. The van der Waals surface area contributed by atoms with Gasteiger partial charge in [0.25, 0.3) is 0 Å². The summed E-state index contributed by atoms with van der Waals surface area (Å²) in [7, 11) is 0. The van der Waals surface area contributed by atoms with Gasteiger partial charge in [-0.05, 0) is 49.2 Å². The predicted molar refractivity (Wildman–Crippen MR) is 132 cm³/mol. The molecule has 33 heavy (non-hydrogen) atoms. The molecule has 0 spiro atoms. The highest BCUT2D eigenvalue weighted by molar-refractivity contribution is 6.35. The van der Waals surface area contributed by atoms with Crippen LogP contribution in [-0.2, 0) is 22.7 Å². The van der Waals surface area contributed by atoms with Gasteiger partial charge in [-0.1, -0.05) is 54.6 Å². The Hall–Kier alpha value is -1.38. The van der Waals surface area contributed by atoms with Crippen LogP contribution in [0.1, 0.15) is 54.9 Å². The number of aliphatic hydroxyl groups is 2. The normalized spacial score (nSPS) is 12.2. The number of hydrogen-bond donors (Lipinski definition) is 4. The second kappa shape index (κ2) is 16.3. The summed E-state index contributed by atoms with van der Waals surface area (Å²) in [6.07, 6.45) is 4.79. The van der Waals surface area contributed by atoms with Crippen molar-refractivity contribution >= 4 is 23.2 Å². The van der Waals surface area contributed by atoms with Gasteiger partial charge >= 0.3 is 0 Å². The van der Waals surface area contributed by atoms with Crippen molar-refractivity contribution < 1.29 is 24.8 Å². The second-order valence-electron chi connectivity index (χ2n) is 7.90. The number of aromatic hydroxyl groups is 1. The van der Waals surface area contributed by atoms with E-state index in [4.69, 9.17) is 32.7 Å². The third-order valence-corrected chi connectivity index (χ3v) is 6.03. The minimum atomic E-state index is -0.668. The first kappa shape index (κ1) is 27.9. The van der Waals surface area contributed by atoms with Crippen LogP contribution in [0.5, 0.6) is 5.75 Å². The van der Waals surface area contributed by atoms with E-state index >= 15 is 0 Å². The number of halogens is 2. The maximum Gasteiger partial charge on any atom is 0.121 e. The average Bonchev–Trinajstić information content (AvgIpc) is 2.81. The molecule has 0 heterocycles. The number of benzene rings is 2. The molecule has 0 saturated heterocycles. The minimum absolute atomic E-state index is 0.0407. The number of hydrogen-bond acceptors (Lipinski definition) is 6. The SMILES string of the molecule is OCc1cc(C(O)CNCCCCCCCOCCOCc2c(Cl)cccc2Cl)ccc1O. The molecule has 0 aliphatic heterocycles. The molecule has 6 nitrogen and oxygen atoms in total. The van der Waals surface area contributed by atoms with Crippen LogP contribution in [0.25, 0.3) is 0 Å². The number of phenols is 1. The number of aliphatic hydroxyl groups excluding tert-OH is 2. The lowest BCUT2D eigenvalue weighted by Crippen LogP contribution is -2.22. The molecule has 8 heteroatoms. The summed E-state index contributed by atoms with van der Waals surface area (Å²) in [6, 6.07) is 10.2. The van der Waals surface area contributed by atoms with Crippen LogP contribution in [0, 0.1) is 0 Å². The van der Waals surface area contributed by atoms with Gasteiger partial charge in [-0.3, -0.25) is 0 Å². The molecule has 0 bridgehead atoms. The predicted octanol–water partition coefficient (Wildman–Crippen LogP) is 5.00. The van der Waals surface area contributed by atoms with Crippen molar-refractivity contribution in [2.24, 2.45) is 0 Å². The van der Waals surface area contributed by atoms with E-state index in [9.17, 15) is 15.3 Å². The molecule has 1 unspecified atom stereocenters. The first-order valence-electron chi connectivity index (χ1n) is 11.4. The van der Waals surface area contributed by atoms with E-state index in [2.05, 4.69) is 5.32 Å².